The first kappa shape index (κ1) is 7.54. The lowest BCUT2D eigenvalue weighted by molar-refractivity contribution is 0.890. The van der Waals surface area contributed by atoms with Gasteiger partial charge in [0.2, 0.25) is 0 Å². The number of aromatic nitrogens is 2. The van der Waals surface area contributed by atoms with Crippen molar-refractivity contribution < 1.29 is 0 Å². The van der Waals surface area contributed by atoms with Crippen molar-refractivity contribution in [1.29, 1.82) is 0 Å². The van der Waals surface area contributed by atoms with Gasteiger partial charge in [0.1, 0.15) is 5.82 Å². The van der Waals surface area contributed by atoms with Gasteiger partial charge in [0.25, 0.3) is 0 Å². The molecule has 0 amide bonds. The van der Waals surface area contributed by atoms with E-state index in [4.69, 9.17) is 0 Å². The standard InChI is InChI=1S/C7H9BrN2/c1-6(5-8)7-9-3-4-10(7)2/h3-4H,1,5H2,2H3. The van der Waals surface area contributed by atoms with Crippen LogP contribution in [-0.4, -0.2) is 14.9 Å². The maximum absolute atomic E-state index is 4.12. The molecule has 10 heavy (non-hydrogen) atoms. The van der Waals surface area contributed by atoms with E-state index >= 15 is 0 Å². The van der Waals surface area contributed by atoms with Gasteiger partial charge in [-0.1, -0.05) is 22.5 Å². The monoisotopic (exact) mass is 200 g/mol. The Labute approximate surface area is 68.7 Å². The third-order valence-electron chi connectivity index (χ3n) is 1.30. The second-order valence-corrected chi connectivity index (χ2v) is 2.66. The molecule has 0 aliphatic carbocycles. The molecule has 0 aliphatic rings. The number of alkyl halides is 1. The Bertz CT molecular complexity index is 240. The molecule has 0 bridgehead atoms. The SMILES string of the molecule is C=C(CBr)c1nccn1C. The largest absolute Gasteiger partial charge is 0.334 e. The Balaban J connectivity index is 2.93. The van der Waals surface area contributed by atoms with Crippen molar-refractivity contribution in [1.82, 2.24) is 9.55 Å². The van der Waals surface area contributed by atoms with Crippen LogP contribution in [-0.2, 0) is 7.05 Å². The van der Waals surface area contributed by atoms with E-state index in [1.807, 2.05) is 17.8 Å². The maximum atomic E-state index is 4.12. The van der Waals surface area contributed by atoms with Crippen molar-refractivity contribution in [2.75, 3.05) is 5.33 Å². The van der Waals surface area contributed by atoms with Crippen molar-refractivity contribution in [3.63, 3.8) is 0 Å². The van der Waals surface area contributed by atoms with Crippen molar-refractivity contribution >= 4 is 21.5 Å². The van der Waals surface area contributed by atoms with Crippen LogP contribution in [0.5, 0.6) is 0 Å². The third kappa shape index (κ3) is 1.29. The van der Waals surface area contributed by atoms with E-state index in [0.717, 1.165) is 16.7 Å². The molecule has 0 aromatic carbocycles. The first-order valence-corrected chi connectivity index (χ1v) is 4.09. The lowest BCUT2D eigenvalue weighted by atomic mass is 10.3. The predicted octanol–water partition coefficient (Wildman–Crippen LogP) is 1.83. The van der Waals surface area contributed by atoms with E-state index in [0.29, 0.717) is 0 Å². The van der Waals surface area contributed by atoms with Gasteiger partial charge in [0.15, 0.2) is 0 Å². The third-order valence-corrected chi connectivity index (χ3v) is 1.98. The smallest absolute Gasteiger partial charge is 0.135 e. The van der Waals surface area contributed by atoms with E-state index in [1.54, 1.807) is 6.20 Å². The summed E-state index contributed by atoms with van der Waals surface area (Å²) in [5.74, 6) is 0.942. The number of halogens is 1. The average molecular weight is 201 g/mol. The Kier molecular flexibility index (Phi) is 2.27. The fraction of sp³-hybridized carbons (Fsp3) is 0.286. The molecule has 0 unspecified atom stereocenters. The van der Waals surface area contributed by atoms with Gasteiger partial charge in [-0.15, -0.1) is 0 Å². The van der Waals surface area contributed by atoms with Crippen LogP contribution in [0.3, 0.4) is 0 Å². The highest BCUT2D eigenvalue weighted by atomic mass is 79.9. The second kappa shape index (κ2) is 3.01. The number of imidazole rings is 1. The molecule has 1 heterocycles. The van der Waals surface area contributed by atoms with Crippen LogP contribution in [0, 0.1) is 0 Å². The van der Waals surface area contributed by atoms with Crippen LogP contribution in [0.4, 0.5) is 0 Å². The Morgan fingerprint density at radius 2 is 2.60 bits per heavy atom. The normalized spacial score (nSPS) is 9.80. The van der Waals surface area contributed by atoms with Gasteiger partial charge in [0, 0.05) is 24.8 Å². The van der Waals surface area contributed by atoms with Gasteiger partial charge >= 0.3 is 0 Å². The summed E-state index contributed by atoms with van der Waals surface area (Å²) >= 11 is 3.32. The van der Waals surface area contributed by atoms with E-state index in [1.165, 1.54) is 0 Å². The summed E-state index contributed by atoms with van der Waals surface area (Å²) in [6.07, 6.45) is 3.67. The number of rotatable bonds is 2. The molecule has 0 saturated heterocycles. The molecule has 1 aromatic rings. The number of nitrogens with zero attached hydrogens (tertiary/aromatic N) is 2. The molecular weight excluding hydrogens is 192 g/mol. The number of aryl methyl sites for hydroxylation is 1. The number of hydrogen-bond acceptors (Lipinski definition) is 1. The maximum Gasteiger partial charge on any atom is 0.135 e. The second-order valence-electron chi connectivity index (χ2n) is 2.10. The summed E-state index contributed by atoms with van der Waals surface area (Å²) in [6.45, 7) is 3.85. The fourth-order valence-electron chi connectivity index (χ4n) is 0.766. The zero-order valence-electron chi connectivity index (χ0n) is 5.84. The van der Waals surface area contributed by atoms with Crippen molar-refractivity contribution in [3.8, 4) is 0 Å². The molecule has 0 atom stereocenters. The summed E-state index contributed by atoms with van der Waals surface area (Å²) < 4.78 is 1.95. The van der Waals surface area contributed by atoms with Gasteiger partial charge in [0.05, 0.1) is 0 Å². The summed E-state index contributed by atoms with van der Waals surface area (Å²) in [5.41, 5.74) is 1.01. The Morgan fingerprint density at radius 1 is 1.90 bits per heavy atom. The van der Waals surface area contributed by atoms with E-state index in [9.17, 15) is 0 Å². The van der Waals surface area contributed by atoms with Crippen LogP contribution < -0.4 is 0 Å². The van der Waals surface area contributed by atoms with Crippen molar-refractivity contribution in [2.45, 2.75) is 0 Å². The highest BCUT2D eigenvalue weighted by Gasteiger charge is 2.00. The zero-order chi connectivity index (χ0) is 7.56. The molecule has 2 nitrogen and oxygen atoms in total. The Morgan fingerprint density at radius 3 is 3.00 bits per heavy atom. The van der Waals surface area contributed by atoms with Gasteiger partial charge < -0.3 is 4.57 Å². The van der Waals surface area contributed by atoms with Crippen molar-refractivity contribution in [2.24, 2.45) is 7.05 Å². The van der Waals surface area contributed by atoms with Crippen LogP contribution in [0.15, 0.2) is 19.0 Å². The summed E-state index contributed by atoms with van der Waals surface area (Å²) in [4.78, 5) is 4.12. The molecule has 0 aliphatic heterocycles. The molecule has 1 aromatic heterocycles. The highest BCUT2D eigenvalue weighted by molar-refractivity contribution is 9.09. The molecular formula is C7H9BrN2. The van der Waals surface area contributed by atoms with Gasteiger partial charge in [-0.25, -0.2) is 4.98 Å². The molecule has 1 rings (SSSR count). The summed E-state index contributed by atoms with van der Waals surface area (Å²) in [6, 6.07) is 0. The zero-order valence-corrected chi connectivity index (χ0v) is 7.43. The van der Waals surface area contributed by atoms with E-state index in [2.05, 4.69) is 27.5 Å². The van der Waals surface area contributed by atoms with Crippen LogP contribution in [0.1, 0.15) is 5.82 Å². The van der Waals surface area contributed by atoms with Crippen molar-refractivity contribution in [3.05, 3.63) is 24.8 Å². The molecule has 54 valence electrons. The van der Waals surface area contributed by atoms with E-state index < -0.39 is 0 Å². The quantitative estimate of drug-likeness (QED) is 0.667. The molecule has 0 spiro atoms. The number of allylic oxidation sites excluding steroid dienone is 1. The van der Waals surface area contributed by atoms with E-state index in [-0.39, 0.29) is 0 Å². The van der Waals surface area contributed by atoms with Gasteiger partial charge in [-0.2, -0.15) is 0 Å². The van der Waals surface area contributed by atoms with Gasteiger partial charge in [-0.3, -0.25) is 0 Å². The summed E-state index contributed by atoms with van der Waals surface area (Å²) in [7, 11) is 1.95. The molecule has 3 heteroatoms. The Hall–Kier alpha value is -0.570. The lowest BCUT2D eigenvalue weighted by Gasteiger charge is -1.99. The van der Waals surface area contributed by atoms with Crippen LogP contribution >= 0.6 is 15.9 Å². The highest BCUT2D eigenvalue weighted by Crippen LogP contribution is 2.10. The minimum absolute atomic E-state index is 0.776. The first-order chi connectivity index (χ1) is 4.75. The fourth-order valence-corrected chi connectivity index (χ4v) is 1.02. The van der Waals surface area contributed by atoms with Gasteiger partial charge in [-0.05, 0) is 5.57 Å². The first-order valence-electron chi connectivity index (χ1n) is 2.97. The average Bonchev–Trinajstić information content (AvgIpc) is 2.34. The minimum Gasteiger partial charge on any atom is -0.334 e. The minimum atomic E-state index is 0.776. The lowest BCUT2D eigenvalue weighted by Crippen LogP contribution is -1.95. The predicted molar refractivity (Wildman–Crippen MR) is 46.0 cm³/mol. The van der Waals surface area contributed by atoms with Crippen LogP contribution in [0.25, 0.3) is 5.57 Å². The molecule has 0 fully saturated rings. The molecule has 0 radical (unpaired) electrons. The number of hydrogen-bond donors (Lipinski definition) is 0. The molecule has 0 N–H and O–H groups in total. The summed E-state index contributed by atoms with van der Waals surface area (Å²) in [5, 5.41) is 0.776. The topological polar surface area (TPSA) is 17.8 Å². The van der Waals surface area contributed by atoms with Crippen LogP contribution in [0.2, 0.25) is 0 Å². The molecule has 0 saturated carbocycles.